The highest BCUT2D eigenvalue weighted by Gasteiger charge is 1.99. The maximum absolute atomic E-state index is 10.3. The molecule has 0 aliphatic carbocycles. The van der Waals surface area contributed by atoms with E-state index < -0.39 is 24.1 Å². The van der Waals surface area contributed by atoms with Gasteiger partial charge in [-0.1, -0.05) is 161 Å². The largest absolute Gasteiger partial charge is 0.481 e. The monoisotopic (exact) mass is 751 g/mol. The minimum Gasteiger partial charge on any atom is -0.481 e. The van der Waals surface area contributed by atoms with Crippen molar-refractivity contribution in [3.8, 4) is 0 Å². The van der Waals surface area contributed by atoms with Crippen molar-refractivity contribution in [2.45, 2.75) is 213 Å². The summed E-state index contributed by atoms with van der Waals surface area (Å²) in [4.78, 5) is 20.7. The maximum atomic E-state index is 10.3. The molecule has 0 unspecified atom stereocenters. The van der Waals surface area contributed by atoms with E-state index in [1.165, 1.54) is 141 Å². The molecule has 0 aliphatic heterocycles. The Labute approximate surface area is 319 Å². The summed E-state index contributed by atoms with van der Waals surface area (Å²) >= 11 is 0. The Morgan fingerprint density at radius 1 is 0.442 bits per heavy atom. The quantitative estimate of drug-likeness (QED) is 0.0232. The third-order valence-corrected chi connectivity index (χ3v) is 8.42. The summed E-state index contributed by atoms with van der Waals surface area (Å²) in [5.41, 5.74) is 0. The van der Waals surface area contributed by atoms with Crippen LogP contribution in [0.15, 0.2) is 12.2 Å². The number of allylic oxidation sites excluding steroid dienone is 2. The molecular weight excluding hydrogens is 664 g/mol. The van der Waals surface area contributed by atoms with E-state index in [1.807, 2.05) is 0 Å². The first-order valence-corrected chi connectivity index (χ1v) is 20.9. The summed E-state index contributed by atoms with van der Waals surface area (Å²) in [6.45, 7) is 5.41. The highest BCUT2D eigenvalue weighted by atomic mass is 16.4. The Morgan fingerprint density at radius 2 is 0.712 bits per heavy atom. The Bertz CT molecular complexity index is 684. The third kappa shape index (κ3) is 66.7. The average molecular weight is 751 g/mol. The maximum Gasteiger partial charge on any atom is 0.303 e. The molecule has 0 fully saturated rings. The van der Waals surface area contributed by atoms with Gasteiger partial charge in [0.2, 0.25) is 0 Å². The lowest BCUT2D eigenvalue weighted by molar-refractivity contribution is -0.138. The van der Waals surface area contributed by atoms with Crippen LogP contribution in [0.4, 0.5) is 0 Å². The molecule has 314 valence electrons. The normalized spacial score (nSPS) is 10.9. The number of carboxylic acids is 2. The van der Waals surface area contributed by atoms with Crippen LogP contribution in [0, 0.1) is 5.92 Å². The zero-order valence-corrected chi connectivity index (χ0v) is 33.9. The molecule has 0 amide bonds. The van der Waals surface area contributed by atoms with Crippen LogP contribution < -0.4 is 0 Å². The van der Waals surface area contributed by atoms with Crippen molar-refractivity contribution in [2.24, 2.45) is 5.92 Å². The summed E-state index contributed by atoms with van der Waals surface area (Å²) < 4.78 is 0. The van der Waals surface area contributed by atoms with Crippen LogP contribution >= 0.6 is 0 Å². The predicted octanol–water partition coefficient (Wildman–Crippen LogP) is 8.96. The standard InChI is InChI=1S/C18H36O2.C18H34O2.2C3H8O3/c1-17(2)15-13-11-9-7-5-3-4-6-8-10-12-14-16-18(19)20;1-2-3-4-5-6-7-8-9-10-11-12-13-14-15-16-17-18(19)20;2*4-1-3(6)2-5/h17H,3-16H2,1-2H3,(H,19,20);9-10H,2-8,11-17H2,1H3,(H,19,20);2*3-6H,1-2H2/b;10-9-;;. The van der Waals surface area contributed by atoms with E-state index in [1.54, 1.807) is 0 Å². The topological polar surface area (TPSA) is 196 Å². The minimum absolute atomic E-state index is 0.332. The van der Waals surface area contributed by atoms with Crippen LogP contribution in [-0.4, -0.2) is 91.4 Å². The first-order chi connectivity index (χ1) is 25.0. The van der Waals surface area contributed by atoms with E-state index >= 15 is 0 Å². The number of carbonyl (C=O) groups is 2. The van der Waals surface area contributed by atoms with Crippen LogP contribution in [0.5, 0.6) is 0 Å². The molecule has 10 heteroatoms. The van der Waals surface area contributed by atoms with E-state index in [0.29, 0.717) is 12.8 Å². The number of aliphatic hydroxyl groups excluding tert-OH is 6. The molecule has 0 aliphatic rings. The molecular formula is C42H86O10. The van der Waals surface area contributed by atoms with E-state index in [-0.39, 0.29) is 26.4 Å². The number of carboxylic acid groups (broad SMARTS) is 2. The number of aliphatic carboxylic acids is 2. The molecule has 0 atom stereocenters. The second kappa shape index (κ2) is 51.5. The fourth-order valence-corrected chi connectivity index (χ4v) is 5.06. The van der Waals surface area contributed by atoms with Gasteiger partial charge in [0.25, 0.3) is 0 Å². The van der Waals surface area contributed by atoms with Gasteiger partial charge in [0.15, 0.2) is 0 Å². The van der Waals surface area contributed by atoms with Crippen molar-refractivity contribution >= 4 is 11.9 Å². The van der Waals surface area contributed by atoms with Gasteiger partial charge in [0, 0.05) is 12.8 Å². The van der Waals surface area contributed by atoms with E-state index in [0.717, 1.165) is 31.6 Å². The smallest absolute Gasteiger partial charge is 0.303 e. The van der Waals surface area contributed by atoms with Crippen molar-refractivity contribution in [2.75, 3.05) is 26.4 Å². The molecule has 0 aromatic carbocycles. The van der Waals surface area contributed by atoms with Crippen LogP contribution in [0.1, 0.15) is 201 Å². The number of aliphatic hydroxyl groups is 6. The van der Waals surface area contributed by atoms with Gasteiger partial charge < -0.3 is 40.9 Å². The van der Waals surface area contributed by atoms with Gasteiger partial charge in [0.05, 0.1) is 26.4 Å². The van der Waals surface area contributed by atoms with Gasteiger partial charge in [-0.05, 0) is 44.4 Å². The summed E-state index contributed by atoms with van der Waals surface area (Å²) in [6.07, 6.45) is 36.7. The fraction of sp³-hybridized carbons (Fsp3) is 0.905. The van der Waals surface area contributed by atoms with Crippen molar-refractivity contribution in [3.63, 3.8) is 0 Å². The molecule has 0 saturated heterocycles. The first-order valence-electron chi connectivity index (χ1n) is 20.9. The van der Waals surface area contributed by atoms with Crippen LogP contribution in [0.25, 0.3) is 0 Å². The van der Waals surface area contributed by atoms with E-state index in [2.05, 4.69) is 32.9 Å². The Kier molecular flexibility index (Phi) is 56.7. The van der Waals surface area contributed by atoms with Crippen molar-refractivity contribution in [3.05, 3.63) is 12.2 Å². The highest BCUT2D eigenvalue weighted by Crippen LogP contribution is 2.14. The molecule has 0 rings (SSSR count). The molecule has 0 aromatic heterocycles. The lowest BCUT2D eigenvalue weighted by atomic mass is 10.0. The molecule has 0 radical (unpaired) electrons. The van der Waals surface area contributed by atoms with Gasteiger partial charge in [0.1, 0.15) is 12.2 Å². The van der Waals surface area contributed by atoms with Crippen molar-refractivity contribution in [1.82, 2.24) is 0 Å². The predicted molar refractivity (Wildman–Crippen MR) is 215 cm³/mol. The van der Waals surface area contributed by atoms with E-state index in [9.17, 15) is 9.59 Å². The second-order valence-electron chi connectivity index (χ2n) is 14.3. The average Bonchev–Trinajstić information content (AvgIpc) is 3.13. The lowest BCUT2D eigenvalue weighted by Gasteiger charge is -2.04. The number of hydrogen-bond donors (Lipinski definition) is 8. The highest BCUT2D eigenvalue weighted by molar-refractivity contribution is 5.66. The first kappa shape index (κ1) is 57.2. The Morgan fingerprint density at radius 3 is 0.962 bits per heavy atom. The number of rotatable bonds is 34. The summed E-state index contributed by atoms with van der Waals surface area (Å²) in [5.74, 6) is -0.452. The van der Waals surface area contributed by atoms with Crippen molar-refractivity contribution < 1.29 is 50.4 Å². The third-order valence-electron chi connectivity index (χ3n) is 8.42. The molecule has 0 heterocycles. The molecule has 0 aromatic rings. The Balaban J connectivity index is -0.000000337. The zero-order valence-electron chi connectivity index (χ0n) is 33.9. The zero-order chi connectivity index (χ0) is 39.9. The fourth-order valence-electron chi connectivity index (χ4n) is 5.06. The SMILES string of the molecule is CC(C)CCCCCCCCCCCCCCC(=O)O.CCCCCCCC/C=C\CCCCCCCC(=O)O.OCC(O)CO.OCC(O)CO. The lowest BCUT2D eigenvalue weighted by Crippen LogP contribution is -2.15. The van der Waals surface area contributed by atoms with E-state index in [4.69, 9.17) is 40.9 Å². The Hall–Kier alpha value is -1.56. The van der Waals surface area contributed by atoms with Gasteiger partial charge in [-0.25, -0.2) is 0 Å². The van der Waals surface area contributed by atoms with Crippen LogP contribution in [-0.2, 0) is 9.59 Å². The molecule has 0 bridgehead atoms. The van der Waals surface area contributed by atoms with Gasteiger partial charge in [-0.3, -0.25) is 9.59 Å². The molecule has 0 spiro atoms. The van der Waals surface area contributed by atoms with Crippen LogP contribution in [0.2, 0.25) is 0 Å². The van der Waals surface area contributed by atoms with Gasteiger partial charge in [-0.15, -0.1) is 0 Å². The summed E-state index contributed by atoms with van der Waals surface area (Å²) in [7, 11) is 0. The number of unbranched alkanes of at least 4 members (excludes halogenated alkanes) is 22. The van der Waals surface area contributed by atoms with Gasteiger partial charge >= 0.3 is 11.9 Å². The van der Waals surface area contributed by atoms with Crippen molar-refractivity contribution in [1.29, 1.82) is 0 Å². The van der Waals surface area contributed by atoms with Crippen LogP contribution in [0.3, 0.4) is 0 Å². The summed E-state index contributed by atoms with van der Waals surface area (Å²) in [6, 6.07) is 0. The number of hydrogen-bond acceptors (Lipinski definition) is 8. The van der Waals surface area contributed by atoms with Gasteiger partial charge in [-0.2, -0.15) is 0 Å². The minimum atomic E-state index is -0.954. The molecule has 10 nitrogen and oxygen atoms in total. The molecule has 8 N–H and O–H groups in total. The molecule has 52 heavy (non-hydrogen) atoms. The molecule has 0 saturated carbocycles. The summed E-state index contributed by atoms with van der Waals surface area (Å²) in [5, 5.41) is 65.1. The second-order valence-corrected chi connectivity index (χ2v) is 14.3.